The minimum absolute atomic E-state index is 0.223. The summed E-state index contributed by atoms with van der Waals surface area (Å²) in [6, 6.07) is 9.66. The number of thiol groups is 1. The predicted octanol–water partition coefficient (Wildman–Crippen LogP) is 1.51. The van der Waals surface area contributed by atoms with Gasteiger partial charge in [-0.3, -0.25) is 4.79 Å². The average Bonchev–Trinajstić information content (AvgIpc) is 3.18. The van der Waals surface area contributed by atoms with Crippen molar-refractivity contribution in [3.63, 3.8) is 0 Å². The lowest BCUT2D eigenvalue weighted by atomic mass is 9.99. The lowest BCUT2D eigenvalue weighted by Crippen LogP contribution is -2.46. The molecule has 102 valence electrons. The van der Waals surface area contributed by atoms with Crippen molar-refractivity contribution in [1.82, 2.24) is 5.32 Å². The van der Waals surface area contributed by atoms with Gasteiger partial charge in [0.1, 0.15) is 5.54 Å². The highest BCUT2D eigenvalue weighted by molar-refractivity contribution is 7.80. The average molecular weight is 279 g/mol. The fourth-order valence-electron chi connectivity index (χ4n) is 1.99. The smallest absolute Gasteiger partial charge is 0.329 e. The molecule has 2 rings (SSSR count). The van der Waals surface area contributed by atoms with Crippen molar-refractivity contribution >= 4 is 24.5 Å². The van der Waals surface area contributed by atoms with E-state index >= 15 is 0 Å². The van der Waals surface area contributed by atoms with Crippen LogP contribution in [0.15, 0.2) is 30.3 Å². The van der Waals surface area contributed by atoms with Gasteiger partial charge in [0.05, 0.1) is 5.92 Å². The summed E-state index contributed by atoms with van der Waals surface area (Å²) in [6.07, 6.45) is 1.60. The van der Waals surface area contributed by atoms with E-state index in [0.717, 1.165) is 5.56 Å². The van der Waals surface area contributed by atoms with Crippen LogP contribution in [0.3, 0.4) is 0 Å². The maximum absolute atomic E-state index is 12.1. The number of hydrogen-bond acceptors (Lipinski definition) is 3. The van der Waals surface area contributed by atoms with Crippen molar-refractivity contribution in [2.24, 2.45) is 5.92 Å². The predicted molar refractivity (Wildman–Crippen MR) is 75.2 cm³/mol. The number of rotatable bonds is 6. The van der Waals surface area contributed by atoms with Crippen molar-refractivity contribution in [3.8, 4) is 0 Å². The molecule has 0 saturated heterocycles. The topological polar surface area (TPSA) is 66.4 Å². The van der Waals surface area contributed by atoms with Gasteiger partial charge >= 0.3 is 5.97 Å². The zero-order valence-electron chi connectivity index (χ0n) is 10.5. The number of hydrogen-bond donors (Lipinski definition) is 3. The Morgan fingerprint density at radius 3 is 2.42 bits per heavy atom. The molecular weight excluding hydrogens is 262 g/mol. The number of carbonyl (C=O) groups is 2. The summed E-state index contributed by atoms with van der Waals surface area (Å²) in [6.45, 7) is 0. The standard InChI is InChI=1S/C14H17NO3S/c16-12(15-14(6-7-14)13(17)18)11(9-19)8-10-4-2-1-3-5-10/h1-5,11,19H,6-9H2,(H,15,16)(H,17,18). The molecule has 2 N–H and O–H groups in total. The first-order valence-electron chi connectivity index (χ1n) is 6.27. The molecule has 0 spiro atoms. The minimum atomic E-state index is -1.02. The Bertz CT molecular complexity index is 471. The first kappa shape index (κ1) is 13.9. The van der Waals surface area contributed by atoms with E-state index in [-0.39, 0.29) is 11.8 Å². The van der Waals surface area contributed by atoms with E-state index in [0.29, 0.717) is 25.0 Å². The molecule has 1 amide bonds. The van der Waals surface area contributed by atoms with E-state index in [2.05, 4.69) is 17.9 Å². The molecule has 1 saturated carbocycles. The van der Waals surface area contributed by atoms with E-state index in [1.54, 1.807) is 0 Å². The van der Waals surface area contributed by atoms with Crippen molar-refractivity contribution in [3.05, 3.63) is 35.9 Å². The quantitative estimate of drug-likeness (QED) is 0.692. The van der Waals surface area contributed by atoms with E-state index in [1.807, 2.05) is 30.3 Å². The van der Waals surface area contributed by atoms with Gasteiger partial charge < -0.3 is 10.4 Å². The number of nitrogens with one attached hydrogen (secondary N) is 1. The normalized spacial score (nSPS) is 17.5. The van der Waals surface area contributed by atoms with Crippen LogP contribution in [0.5, 0.6) is 0 Å². The number of amides is 1. The summed E-state index contributed by atoms with van der Waals surface area (Å²) in [5.41, 5.74) is 0.0338. The number of carboxylic acids is 1. The van der Waals surface area contributed by atoms with Gasteiger partial charge in [-0.05, 0) is 24.8 Å². The molecule has 1 atom stereocenters. The second-order valence-electron chi connectivity index (χ2n) is 4.95. The summed E-state index contributed by atoms with van der Waals surface area (Å²) in [7, 11) is 0. The summed E-state index contributed by atoms with van der Waals surface area (Å²) in [5, 5.41) is 11.7. The first-order chi connectivity index (χ1) is 9.07. The zero-order valence-corrected chi connectivity index (χ0v) is 11.4. The van der Waals surface area contributed by atoms with Crippen molar-refractivity contribution < 1.29 is 14.7 Å². The van der Waals surface area contributed by atoms with Crippen LogP contribution in [0.1, 0.15) is 18.4 Å². The summed E-state index contributed by atoms with van der Waals surface area (Å²) >= 11 is 4.20. The van der Waals surface area contributed by atoms with Gasteiger partial charge in [0.15, 0.2) is 0 Å². The highest BCUT2D eigenvalue weighted by atomic mass is 32.1. The van der Waals surface area contributed by atoms with Crippen molar-refractivity contribution in [2.45, 2.75) is 24.8 Å². The van der Waals surface area contributed by atoms with Crippen LogP contribution < -0.4 is 5.32 Å². The Balaban J connectivity index is 1.98. The molecule has 0 bridgehead atoms. The van der Waals surface area contributed by atoms with Gasteiger partial charge in [0, 0.05) is 5.75 Å². The number of carbonyl (C=O) groups excluding carboxylic acids is 1. The van der Waals surface area contributed by atoms with Crippen LogP contribution in [0.25, 0.3) is 0 Å². The third-order valence-electron chi connectivity index (χ3n) is 3.44. The molecule has 1 aliphatic rings. The van der Waals surface area contributed by atoms with Crippen molar-refractivity contribution in [2.75, 3.05) is 5.75 Å². The van der Waals surface area contributed by atoms with E-state index in [9.17, 15) is 9.59 Å². The summed E-state index contributed by atoms with van der Waals surface area (Å²) in [4.78, 5) is 23.2. The zero-order chi connectivity index (χ0) is 13.9. The Kier molecular flexibility index (Phi) is 4.14. The van der Waals surface area contributed by atoms with E-state index < -0.39 is 11.5 Å². The molecule has 1 fully saturated rings. The SMILES string of the molecule is O=C(NC1(C(=O)O)CC1)C(CS)Cc1ccccc1. The summed E-state index contributed by atoms with van der Waals surface area (Å²) in [5.74, 6) is -1.07. The van der Waals surface area contributed by atoms with Crippen LogP contribution in [0.4, 0.5) is 0 Å². The van der Waals surface area contributed by atoms with Gasteiger partial charge in [-0.25, -0.2) is 4.79 Å². The molecule has 1 aliphatic carbocycles. The third kappa shape index (κ3) is 3.29. The molecule has 0 aromatic heterocycles. The number of benzene rings is 1. The van der Waals surface area contributed by atoms with E-state index in [4.69, 9.17) is 5.11 Å². The highest BCUT2D eigenvalue weighted by Crippen LogP contribution is 2.35. The van der Waals surface area contributed by atoms with Gasteiger partial charge in [0.25, 0.3) is 0 Å². The number of aliphatic carboxylic acids is 1. The molecule has 0 radical (unpaired) electrons. The van der Waals surface area contributed by atoms with Crippen LogP contribution in [0.2, 0.25) is 0 Å². The van der Waals surface area contributed by atoms with Gasteiger partial charge in [-0.15, -0.1) is 0 Å². The molecule has 0 heterocycles. The van der Waals surface area contributed by atoms with Gasteiger partial charge in [0.2, 0.25) is 5.91 Å². The highest BCUT2D eigenvalue weighted by Gasteiger charge is 2.52. The van der Waals surface area contributed by atoms with Crippen LogP contribution in [-0.4, -0.2) is 28.3 Å². The third-order valence-corrected chi connectivity index (χ3v) is 3.88. The number of carboxylic acid groups (broad SMARTS) is 1. The van der Waals surface area contributed by atoms with Gasteiger partial charge in [-0.2, -0.15) is 12.6 Å². The first-order valence-corrected chi connectivity index (χ1v) is 6.91. The monoisotopic (exact) mass is 279 g/mol. The maximum Gasteiger partial charge on any atom is 0.329 e. The molecule has 4 nitrogen and oxygen atoms in total. The van der Waals surface area contributed by atoms with Crippen LogP contribution >= 0.6 is 12.6 Å². The van der Waals surface area contributed by atoms with Crippen LogP contribution in [0, 0.1) is 5.92 Å². The lowest BCUT2D eigenvalue weighted by molar-refractivity contribution is -0.143. The fourth-order valence-corrected chi connectivity index (χ4v) is 2.29. The Labute approximate surface area is 117 Å². The van der Waals surface area contributed by atoms with Crippen LogP contribution in [-0.2, 0) is 16.0 Å². The maximum atomic E-state index is 12.1. The molecule has 1 aromatic rings. The Morgan fingerprint density at radius 2 is 1.95 bits per heavy atom. The largest absolute Gasteiger partial charge is 0.480 e. The molecule has 0 aliphatic heterocycles. The second kappa shape index (κ2) is 5.65. The molecule has 5 heteroatoms. The second-order valence-corrected chi connectivity index (χ2v) is 5.31. The van der Waals surface area contributed by atoms with Gasteiger partial charge in [-0.1, -0.05) is 30.3 Å². The Hall–Kier alpha value is -1.49. The summed E-state index contributed by atoms with van der Waals surface area (Å²) < 4.78 is 0. The minimum Gasteiger partial charge on any atom is -0.480 e. The fraction of sp³-hybridized carbons (Fsp3) is 0.429. The Morgan fingerprint density at radius 1 is 1.32 bits per heavy atom. The van der Waals surface area contributed by atoms with E-state index in [1.165, 1.54) is 0 Å². The molecular formula is C14H17NO3S. The lowest BCUT2D eigenvalue weighted by Gasteiger charge is -2.18. The molecule has 19 heavy (non-hydrogen) atoms. The van der Waals surface area contributed by atoms with Crippen molar-refractivity contribution in [1.29, 1.82) is 0 Å². The molecule has 1 aromatic carbocycles. The molecule has 1 unspecified atom stereocenters.